The third-order valence-electron chi connectivity index (χ3n) is 3.85. The van der Waals surface area contributed by atoms with E-state index < -0.39 is 0 Å². The molecule has 0 saturated carbocycles. The Morgan fingerprint density at radius 3 is 2.71 bits per heavy atom. The highest BCUT2D eigenvalue weighted by atomic mass is 79.9. The maximum Gasteiger partial charge on any atom is 0.137 e. The lowest BCUT2D eigenvalue weighted by Crippen LogP contribution is -2.17. The van der Waals surface area contributed by atoms with Gasteiger partial charge in [-0.1, -0.05) is 34.1 Å². The van der Waals surface area contributed by atoms with Crippen molar-refractivity contribution >= 4 is 55.2 Å². The molecule has 0 aliphatic rings. The monoisotopic (exact) mass is 472 g/mol. The molecule has 0 amide bonds. The second kappa shape index (κ2) is 8.90. The van der Waals surface area contributed by atoms with E-state index in [0.717, 1.165) is 39.8 Å². The molecule has 3 rings (SSSR count). The molecule has 2 aromatic carbocycles. The van der Waals surface area contributed by atoms with Gasteiger partial charge in [-0.3, -0.25) is 0 Å². The van der Waals surface area contributed by atoms with Crippen LogP contribution in [0.2, 0.25) is 0 Å². The summed E-state index contributed by atoms with van der Waals surface area (Å²) < 4.78 is 7.48. The van der Waals surface area contributed by atoms with Gasteiger partial charge in [0.15, 0.2) is 0 Å². The number of rotatable bonds is 6. The first-order valence-corrected chi connectivity index (χ1v) is 9.05. The normalized spacial score (nSPS) is 10.6. The van der Waals surface area contributed by atoms with Crippen LogP contribution in [0.15, 0.2) is 51.5 Å². The van der Waals surface area contributed by atoms with E-state index in [9.17, 15) is 0 Å². The van der Waals surface area contributed by atoms with Crippen LogP contribution < -0.4 is 10.1 Å². The Hall–Kier alpha value is -1.01. The van der Waals surface area contributed by atoms with Gasteiger partial charge < -0.3 is 15.0 Å². The van der Waals surface area contributed by atoms with Gasteiger partial charge in [-0.2, -0.15) is 0 Å². The van der Waals surface area contributed by atoms with Crippen molar-refractivity contribution in [2.45, 2.75) is 13.0 Å². The van der Waals surface area contributed by atoms with E-state index in [1.54, 1.807) is 7.11 Å². The second-order valence-corrected chi connectivity index (χ2v) is 7.14. The Morgan fingerprint density at radius 2 is 1.92 bits per heavy atom. The molecule has 2 N–H and O–H groups in total. The lowest BCUT2D eigenvalue weighted by Gasteiger charge is -2.12. The summed E-state index contributed by atoms with van der Waals surface area (Å²) in [6, 6.07) is 12.5. The van der Waals surface area contributed by atoms with Gasteiger partial charge in [0.25, 0.3) is 0 Å². The molecule has 1 heterocycles. The Morgan fingerprint density at radius 1 is 1.12 bits per heavy atom. The molecule has 0 bridgehead atoms. The molecule has 0 atom stereocenters. The minimum Gasteiger partial charge on any atom is -0.495 e. The molecule has 3 aromatic rings. The van der Waals surface area contributed by atoms with Crippen LogP contribution in [0.1, 0.15) is 11.1 Å². The molecule has 0 fully saturated rings. The van der Waals surface area contributed by atoms with E-state index in [4.69, 9.17) is 4.74 Å². The fourth-order valence-corrected chi connectivity index (χ4v) is 4.23. The molecular weight excluding hydrogens is 455 g/mol. The number of methoxy groups -OCH3 is 1. The van der Waals surface area contributed by atoms with Crippen LogP contribution in [0.25, 0.3) is 10.9 Å². The van der Waals surface area contributed by atoms with Crippen molar-refractivity contribution in [2.24, 2.45) is 0 Å². The molecule has 6 heteroatoms. The second-order valence-electron chi connectivity index (χ2n) is 5.37. The van der Waals surface area contributed by atoms with Crippen LogP contribution in [0.3, 0.4) is 0 Å². The Labute approximate surface area is 164 Å². The number of halogens is 3. The predicted octanol–water partition coefficient (Wildman–Crippen LogP) is 5.46. The maximum absolute atomic E-state index is 5.48. The maximum atomic E-state index is 5.48. The van der Waals surface area contributed by atoms with E-state index in [1.807, 2.05) is 6.07 Å². The summed E-state index contributed by atoms with van der Waals surface area (Å²) in [5, 5.41) is 4.80. The van der Waals surface area contributed by atoms with Crippen LogP contribution in [0.4, 0.5) is 0 Å². The van der Waals surface area contributed by atoms with E-state index in [1.165, 1.54) is 16.5 Å². The highest BCUT2D eigenvalue weighted by Gasteiger charge is 2.09. The minimum absolute atomic E-state index is 0. The van der Waals surface area contributed by atoms with Crippen LogP contribution in [0, 0.1) is 0 Å². The van der Waals surface area contributed by atoms with Crippen molar-refractivity contribution in [1.29, 1.82) is 0 Å². The largest absolute Gasteiger partial charge is 0.495 e. The predicted molar refractivity (Wildman–Crippen MR) is 109 cm³/mol. The summed E-state index contributed by atoms with van der Waals surface area (Å²) in [4.78, 5) is 3.32. The van der Waals surface area contributed by atoms with Gasteiger partial charge in [-0.15, -0.1) is 12.4 Å². The molecule has 0 saturated heterocycles. The topological polar surface area (TPSA) is 37.0 Å². The number of hydrogen-bond donors (Lipinski definition) is 2. The number of aromatic amines is 1. The number of benzene rings is 2. The zero-order chi connectivity index (χ0) is 16.2. The number of ether oxygens (including phenoxy) is 1. The lowest BCUT2D eigenvalue weighted by atomic mass is 10.1. The van der Waals surface area contributed by atoms with E-state index in [2.05, 4.69) is 78.7 Å². The van der Waals surface area contributed by atoms with Gasteiger partial charge in [0.1, 0.15) is 5.75 Å². The molecule has 0 spiro atoms. The van der Waals surface area contributed by atoms with E-state index in [0.29, 0.717) is 0 Å². The summed E-state index contributed by atoms with van der Waals surface area (Å²) in [5.74, 6) is 0.882. The highest BCUT2D eigenvalue weighted by Crippen LogP contribution is 2.32. The lowest BCUT2D eigenvalue weighted by molar-refractivity contribution is 0.405. The van der Waals surface area contributed by atoms with Crippen LogP contribution in [0.5, 0.6) is 5.75 Å². The Balaban J connectivity index is 0.00000208. The summed E-state index contributed by atoms with van der Waals surface area (Å²) in [7, 11) is 1.70. The van der Waals surface area contributed by atoms with E-state index >= 15 is 0 Å². The summed E-state index contributed by atoms with van der Waals surface area (Å²) in [5.41, 5.74) is 3.67. The zero-order valence-electron chi connectivity index (χ0n) is 13.2. The first-order valence-electron chi connectivity index (χ1n) is 7.46. The van der Waals surface area contributed by atoms with Crippen molar-refractivity contribution in [3.8, 4) is 5.75 Å². The molecule has 128 valence electrons. The molecule has 24 heavy (non-hydrogen) atoms. The average Bonchev–Trinajstić information content (AvgIpc) is 2.94. The summed E-state index contributed by atoms with van der Waals surface area (Å²) in [6.07, 6.45) is 3.09. The molecule has 1 aromatic heterocycles. The average molecular weight is 475 g/mol. The Kier molecular flexibility index (Phi) is 7.16. The quantitative estimate of drug-likeness (QED) is 0.466. The van der Waals surface area contributed by atoms with Crippen LogP contribution in [-0.2, 0) is 13.0 Å². The van der Waals surface area contributed by atoms with Crippen LogP contribution in [-0.4, -0.2) is 18.6 Å². The number of aromatic nitrogens is 1. The van der Waals surface area contributed by atoms with Crippen molar-refractivity contribution < 1.29 is 4.74 Å². The Bertz CT molecular complexity index is 820. The van der Waals surface area contributed by atoms with E-state index in [-0.39, 0.29) is 12.4 Å². The number of nitrogens with one attached hydrogen (secondary N) is 2. The SMILES string of the molecule is COc1c(Br)cc(Br)cc1CNCCc1c[nH]c2ccccc12.Cl. The summed E-state index contributed by atoms with van der Waals surface area (Å²) in [6.45, 7) is 1.68. The minimum atomic E-state index is 0. The van der Waals surface area contributed by atoms with Gasteiger partial charge in [0, 0.05) is 33.7 Å². The van der Waals surface area contributed by atoms with Crippen LogP contribution >= 0.6 is 44.3 Å². The van der Waals surface area contributed by atoms with Gasteiger partial charge in [-0.05, 0) is 52.7 Å². The van der Waals surface area contributed by atoms with Gasteiger partial charge in [0.05, 0.1) is 11.6 Å². The molecule has 3 nitrogen and oxygen atoms in total. The van der Waals surface area contributed by atoms with Gasteiger partial charge >= 0.3 is 0 Å². The molecule has 0 radical (unpaired) electrons. The van der Waals surface area contributed by atoms with Crippen molar-refractivity contribution in [3.05, 3.63) is 62.7 Å². The number of H-pyrrole nitrogens is 1. The molecule has 0 aliphatic heterocycles. The third kappa shape index (κ3) is 4.33. The first-order chi connectivity index (χ1) is 11.2. The first kappa shape index (κ1) is 19.3. The fraction of sp³-hybridized carbons (Fsp3) is 0.222. The number of para-hydroxylation sites is 1. The van der Waals surface area contributed by atoms with Gasteiger partial charge in [-0.25, -0.2) is 0 Å². The van der Waals surface area contributed by atoms with Crippen molar-refractivity contribution in [3.63, 3.8) is 0 Å². The number of hydrogen-bond acceptors (Lipinski definition) is 2. The summed E-state index contributed by atoms with van der Waals surface area (Å²) >= 11 is 7.07. The zero-order valence-corrected chi connectivity index (χ0v) is 17.2. The molecule has 0 aliphatic carbocycles. The third-order valence-corrected chi connectivity index (χ3v) is 4.90. The fourth-order valence-electron chi connectivity index (χ4n) is 2.76. The van der Waals surface area contributed by atoms with Crippen molar-refractivity contribution in [2.75, 3.05) is 13.7 Å². The molecular formula is C18H19Br2ClN2O. The highest BCUT2D eigenvalue weighted by molar-refractivity contribution is 9.11. The standard InChI is InChI=1S/C18H18Br2N2O.ClH/c1-23-18-13(8-14(19)9-16(18)20)10-21-7-6-12-11-22-17-5-3-2-4-15(12)17;/h2-5,8-9,11,21-22H,6-7,10H2,1H3;1H. The van der Waals surface area contributed by atoms with Crippen molar-refractivity contribution in [1.82, 2.24) is 10.3 Å². The smallest absolute Gasteiger partial charge is 0.137 e. The molecule has 0 unspecified atom stereocenters. The number of fused-ring (bicyclic) bond motifs is 1. The van der Waals surface area contributed by atoms with Gasteiger partial charge in [0.2, 0.25) is 0 Å².